The van der Waals surface area contributed by atoms with Crippen LogP contribution in [0.4, 0.5) is 0 Å². The smallest absolute Gasteiger partial charge is 0.309 e. The number of H-pyrrole nitrogens is 1. The summed E-state index contributed by atoms with van der Waals surface area (Å²) in [4.78, 5) is 28.7. The highest BCUT2D eigenvalue weighted by molar-refractivity contribution is 7.89. The van der Waals surface area contributed by atoms with Gasteiger partial charge < -0.3 is 19.2 Å². The number of nitrogens with one attached hydrogen (secondary N) is 1. The van der Waals surface area contributed by atoms with Gasteiger partial charge in [-0.3, -0.25) is 9.59 Å². The number of fused-ring (bicyclic) bond motifs is 2. The van der Waals surface area contributed by atoms with Gasteiger partial charge in [0, 0.05) is 41.3 Å². The van der Waals surface area contributed by atoms with Crippen LogP contribution in [0, 0.1) is 12.8 Å². The molecule has 9 nitrogen and oxygen atoms in total. The molecule has 2 aliphatic heterocycles. The van der Waals surface area contributed by atoms with Crippen LogP contribution in [0.15, 0.2) is 47.4 Å². The maximum Gasteiger partial charge on any atom is 0.309 e. The predicted molar refractivity (Wildman–Crippen MR) is 127 cm³/mol. The first-order valence-electron chi connectivity index (χ1n) is 11.5. The maximum absolute atomic E-state index is 13.1. The lowest BCUT2D eigenvalue weighted by Crippen LogP contribution is -2.40. The number of aryl methyl sites for hydroxylation is 1. The zero-order valence-electron chi connectivity index (χ0n) is 19.3. The van der Waals surface area contributed by atoms with Crippen molar-refractivity contribution in [2.45, 2.75) is 24.7 Å². The number of aromatic amines is 1. The summed E-state index contributed by atoms with van der Waals surface area (Å²) >= 11 is 0. The molecule has 184 valence electrons. The number of ether oxygens (including phenoxy) is 3. The number of piperidine rings is 1. The monoisotopic (exact) mass is 498 g/mol. The molecule has 2 aliphatic rings. The van der Waals surface area contributed by atoms with Crippen molar-refractivity contribution >= 4 is 32.7 Å². The predicted octanol–water partition coefficient (Wildman–Crippen LogP) is 3.07. The van der Waals surface area contributed by atoms with Crippen molar-refractivity contribution in [3.63, 3.8) is 0 Å². The Labute approximate surface area is 203 Å². The van der Waals surface area contributed by atoms with Crippen LogP contribution >= 0.6 is 0 Å². The number of para-hydroxylation sites is 1. The van der Waals surface area contributed by atoms with E-state index in [1.165, 1.54) is 16.4 Å². The Hall–Kier alpha value is -3.37. The van der Waals surface area contributed by atoms with E-state index >= 15 is 0 Å². The van der Waals surface area contributed by atoms with E-state index in [1.54, 1.807) is 6.07 Å². The Morgan fingerprint density at radius 3 is 2.54 bits per heavy atom. The number of sulfonamides is 1. The Morgan fingerprint density at radius 1 is 1.06 bits per heavy atom. The molecule has 10 heteroatoms. The molecule has 0 radical (unpaired) electrons. The van der Waals surface area contributed by atoms with Gasteiger partial charge in [-0.25, -0.2) is 8.42 Å². The van der Waals surface area contributed by atoms with E-state index in [1.807, 2.05) is 31.2 Å². The molecule has 0 bridgehead atoms. The fourth-order valence-corrected chi connectivity index (χ4v) is 6.11. The van der Waals surface area contributed by atoms with Gasteiger partial charge in [-0.2, -0.15) is 4.31 Å². The van der Waals surface area contributed by atoms with E-state index in [4.69, 9.17) is 14.2 Å². The molecule has 0 aliphatic carbocycles. The highest BCUT2D eigenvalue weighted by Crippen LogP contribution is 2.34. The van der Waals surface area contributed by atoms with Gasteiger partial charge >= 0.3 is 5.97 Å². The Kier molecular flexibility index (Phi) is 6.24. The van der Waals surface area contributed by atoms with Crippen LogP contribution in [0.2, 0.25) is 0 Å². The number of carbonyl (C=O) groups excluding carboxylic acids is 2. The van der Waals surface area contributed by atoms with Crippen molar-refractivity contribution in [3.05, 3.63) is 53.7 Å². The minimum absolute atomic E-state index is 0.127. The zero-order chi connectivity index (χ0) is 24.6. The lowest BCUT2D eigenvalue weighted by molar-refractivity contribution is -0.148. The Morgan fingerprint density at radius 2 is 1.77 bits per heavy atom. The second-order valence-electron chi connectivity index (χ2n) is 8.69. The van der Waals surface area contributed by atoms with Gasteiger partial charge in [-0.1, -0.05) is 18.2 Å². The van der Waals surface area contributed by atoms with Crippen molar-refractivity contribution in [2.75, 3.05) is 32.9 Å². The molecule has 0 spiro atoms. The number of ketones is 1. The summed E-state index contributed by atoms with van der Waals surface area (Å²) < 4.78 is 43.9. The van der Waals surface area contributed by atoms with Crippen molar-refractivity contribution < 1.29 is 32.2 Å². The summed E-state index contributed by atoms with van der Waals surface area (Å²) in [6, 6.07) is 12.0. The minimum Gasteiger partial charge on any atom is -0.486 e. The van der Waals surface area contributed by atoms with Gasteiger partial charge in [0.1, 0.15) is 13.2 Å². The summed E-state index contributed by atoms with van der Waals surface area (Å²) in [5, 5.41) is 0.795. The summed E-state index contributed by atoms with van der Waals surface area (Å²) in [5.41, 5.74) is 2.10. The van der Waals surface area contributed by atoms with Gasteiger partial charge in [0.05, 0.1) is 10.8 Å². The third-order valence-corrected chi connectivity index (χ3v) is 8.35. The number of nitrogens with zero attached hydrogens (tertiary/aromatic N) is 1. The molecule has 35 heavy (non-hydrogen) atoms. The highest BCUT2D eigenvalue weighted by Gasteiger charge is 2.34. The second-order valence-corrected chi connectivity index (χ2v) is 10.6. The van der Waals surface area contributed by atoms with Crippen LogP contribution in [-0.4, -0.2) is 62.4 Å². The first kappa shape index (κ1) is 23.4. The van der Waals surface area contributed by atoms with Crippen LogP contribution in [0.5, 0.6) is 11.5 Å². The largest absolute Gasteiger partial charge is 0.486 e. The number of Topliss-reactive ketones (excluding diaryl/α,β-unsaturated/α-hetero) is 1. The van der Waals surface area contributed by atoms with Crippen molar-refractivity contribution in [1.82, 2.24) is 9.29 Å². The molecule has 1 saturated heterocycles. The lowest BCUT2D eigenvalue weighted by atomic mass is 9.98. The molecule has 3 aromatic rings. The molecule has 1 N–H and O–H groups in total. The van der Waals surface area contributed by atoms with Gasteiger partial charge in [0.2, 0.25) is 15.8 Å². The molecular formula is C25H26N2O7S. The van der Waals surface area contributed by atoms with Crippen LogP contribution < -0.4 is 9.47 Å². The summed E-state index contributed by atoms with van der Waals surface area (Å²) in [5.74, 6) is -0.280. The quantitative estimate of drug-likeness (QED) is 0.410. The van der Waals surface area contributed by atoms with E-state index < -0.39 is 21.9 Å². The normalized spacial score (nSPS) is 16.8. The number of benzene rings is 2. The maximum atomic E-state index is 13.1. The molecular weight excluding hydrogens is 472 g/mol. The van der Waals surface area contributed by atoms with Crippen LogP contribution in [0.25, 0.3) is 10.9 Å². The van der Waals surface area contributed by atoms with E-state index in [0.29, 0.717) is 43.1 Å². The number of rotatable bonds is 6. The van der Waals surface area contributed by atoms with Crippen molar-refractivity contribution in [3.8, 4) is 11.5 Å². The number of hydrogen-bond acceptors (Lipinski definition) is 7. The molecule has 3 heterocycles. The average molecular weight is 499 g/mol. The summed E-state index contributed by atoms with van der Waals surface area (Å²) in [6.07, 6.45) is 0.645. The molecule has 1 fully saturated rings. The molecule has 1 aromatic heterocycles. The van der Waals surface area contributed by atoms with Crippen molar-refractivity contribution in [1.29, 1.82) is 0 Å². The van der Waals surface area contributed by atoms with Gasteiger partial charge in [-0.15, -0.1) is 0 Å². The SMILES string of the molecule is Cc1[nH]c2ccccc2c1C(=O)COC(=O)C1CCN(S(=O)(=O)c2ccc3c(c2)OCCO3)CC1. The van der Waals surface area contributed by atoms with E-state index in [-0.39, 0.29) is 30.4 Å². The molecule has 0 unspecified atom stereocenters. The third kappa shape index (κ3) is 4.51. The van der Waals surface area contributed by atoms with E-state index in [0.717, 1.165) is 16.6 Å². The molecule has 0 amide bonds. The Balaban J connectivity index is 1.18. The fourth-order valence-electron chi connectivity index (χ4n) is 4.63. The third-order valence-electron chi connectivity index (χ3n) is 6.46. The van der Waals surface area contributed by atoms with Crippen molar-refractivity contribution in [2.24, 2.45) is 5.92 Å². The topological polar surface area (TPSA) is 115 Å². The van der Waals surface area contributed by atoms with Gasteiger partial charge in [0.25, 0.3) is 0 Å². The van der Waals surface area contributed by atoms with Crippen LogP contribution in [-0.2, 0) is 19.6 Å². The highest BCUT2D eigenvalue weighted by atomic mass is 32.2. The molecule has 0 atom stereocenters. The fraction of sp³-hybridized carbons (Fsp3) is 0.360. The molecule has 2 aromatic carbocycles. The van der Waals surface area contributed by atoms with E-state index in [2.05, 4.69) is 4.98 Å². The minimum atomic E-state index is -3.74. The van der Waals surface area contributed by atoms with Crippen LogP contribution in [0.3, 0.4) is 0 Å². The molecule has 5 rings (SSSR count). The number of hydrogen-bond donors (Lipinski definition) is 1. The summed E-state index contributed by atoms with van der Waals surface area (Å²) in [7, 11) is -3.74. The van der Waals surface area contributed by atoms with E-state index in [9.17, 15) is 18.0 Å². The zero-order valence-corrected chi connectivity index (χ0v) is 20.1. The molecule has 0 saturated carbocycles. The first-order chi connectivity index (χ1) is 16.8. The second kappa shape index (κ2) is 9.35. The van der Waals surface area contributed by atoms with Gasteiger partial charge in [-0.05, 0) is 38.0 Å². The number of carbonyl (C=O) groups is 2. The van der Waals surface area contributed by atoms with Crippen LogP contribution in [0.1, 0.15) is 28.9 Å². The Bertz CT molecular complexity index is 1390. The average Bonchev–Trinajstić information content (AvgIpc) is 3.22. The number of esters is 1. The first-order valence-corrected chi connectivity index (χ1v) is 13.0. The summed E-state index contributed by atoms with van der Waals surface area (Å²) in [6.45, 7) is 2.63. The standard InChI is InChI=1S/C25H26N2O7S/c1-16-24(19-4-2-3-5-20(19)26-16)21(28)15-34-25(29)17-8-10-27(11-9-17)35(30,31)18-6-7-22-23(14-18)33-13-12-32-22/h2-7,14,17,26H,8-13,15H2,1H3. The number of aromatic nitrogens is 1. The van der Waals surface area contributed by atoms with Gasteiger partial charge in [0.15, 0.2) is 18.1 Å². The lowest BCUT2D eigenvalue weighted by Gasteiger charge is -2.30.